The summed E-state index contributed by atoms with van der Waals surface area (Å²) in [5.41, 5.74) is 6.30. The summed E-state index contributed by atoms with van der Waals surface area (Å²) in [6.07, 6.45) is 0.802. The van der Waals surface area contributed by atoms with Crippen molar-refractivity contribution in [1.29, 1.82) is 0 Å². The van der Waals surface area contributed by atoms with E-state index in [1.807, 2.05) is 81.4 Å². The molecule has 2 aromatic rings. The summed E-state index contributed by atoms with van der Waals surface area (Å²) in [5.74, 6) is 0. The Morgan fingerprint density at radius 2 is 1.58 bits per heavy atom. The smallest absolute Gasteiger partial charge is 0.207 e. The van der Waals surface area contributed by atoms with E-state index in [-0.39, 0.29) is 6.61 Å². The van der Waals surface area contributed by atoms with Gasteiger partial charge in [-0.3, -0.25) is 4.79 Å². The van der Waals surface area contributed by atoms with Crippen LogP contribution in [0, 0.1) is 0 Å². The van der Waals surface area contributed by atoms with E-state index in [2.05, 4.69) is 5.32 Å². The minimum absolute atomic E-state index is 0.127. The Morgan fingerprint density at radius 1 is 1.03 bits per heavy atom. The van der Waals surface area contributed by atoms with Gasteiger partial charge in [0.05, 0.1) is 24.4 Å². The highest BCUT2D eigenvalue weighted by Gasteiger charge is 2.46. The number of benzene rings is 2. The number of aryl methyl sites for hydroxylation is 1. The van der Waals surface area contributed by atoms with Gasteiger partial charge in [0, 0.05) is 6.04 Å². The fraction of sp³-hybridized carbons (Fsp3) is 0.480. The lowest BCUT2D eigenvalue weighted by Gasteiger charge is -2.43. The van der Waals surface area contributed by atoms with E-state index < -0.39 is 29.4 Å². The van der Waals surface area contributed by atoms with E-state index in [0.717, 1.165) is 11.1 Å². The summed E-state index contributed by atoms with van der Waals surface area (Å²) in [4.78, 5) is 11.4. The van der Waals surface area contributed by atoms with E-state index in [4.69, 9.17) is 10.5 Å². The minimum atomic E-state index is -1.68. The quantitative estimate of drug-likeness (QED) is 0.388. The Hall–Kier alpha value is -2.25. The number of hydrogen-bond donors (Lipinski definition) is 4. The molecule has 6 heteroatoms. The molecule has 6 nitrogen and oxygen atoms in total. The van der Waals surface area contributed by atoms with Gasteiger partial charge in [-0.2, -0.15) is 0 Å². The van der Waals surface area contributed by atoms with E-state index >= 15 is 0 Å². The van der Waals surface area contributed by atoms with Crippen molar-refractivity contribution in [3.63, 3.8) is 0 Å². The summed E-state index contributed by atoms with van der Waals surface area (Å²) in [6, 6.07) is 17.6. The van der Waals surface area contributed by atoms with Crippen LogP contribution < -0.4 is 11.1 Å². The van der Waals surface area contributed by atoms with Gasteiger partial charge in [-0.1, -0.05) is 60.7 Å². The van der Waals surface area contributed by atoms with E-state index in [1.165, 1.54) is 0 Å². The predicted molar refractivity (Wildman–Crippen MR) is 123 cm³/mol. The predicted octanol–water partition coefficient (Wildman–Crippen LogP) is 2.21. The van der Waals surface area contributed by atoms with Crippen molar-refractivity contribution in [1.82, 2.24) is 5.32 Å². The molecule has 5 N–H and O–H groups in total. The molecule has 1 amide bonds. The fourth-order valence-electron chi connectivity index (χ4n) is 3.59. The van der Waals surface area contributed by atoms with Gasteiger partial charge in [0.25, 0.3) is 0 Å². The number of hydrogen-bond acceptors (Lipinski definition) is 5. The summed E-state index contributed by atoms with van der Waals surface area (Å²) in [7, 11) is 0. The first-order valence-electron chi connectivity index (χ1n) is 10.7. The summed E-state index contributed by atoms with van der Waals surface area (Å²) >= 11 is 0. The zero-order valence-electron chi connectivity index (χ0n) is 18.7. The second-order valence-electron chi connectivity index (χ2n) is 9.04. The Labute approximate surface area is 185 Å². The highest BCUT2D eigenvalue weighted by atomic mass is 16.5. The molecule has 0 aliphatic carbocycles. The third-order valence-electron chi connectivity index (χ3n) is 5.42. The SMILES string of the molecule is CC(C)(C)OCC(O)(C(N)Cc1ccccc1)C(NC=O)C(O)CCc1ccccc1. The van der Waals surface area contributed by atoms with E-state index in [1.54, 1.807) is 0 Å². The number of rotatable bonds is 12. The van der Waals surface area contributed by atoms with Crippen LogP contribution >= 0.6 is 0 Å². The molecule has 4 unspecified atom stereocenters. The lowest BCUT2D eigenvalue weighted by molar-refractivity contribution is -0.145. The molecule has 0 saturated carbocycles. The first-order valence-corrected chi connectivity index (χ1v) is 10.7. The standard InChI is InChI=1S/C25H36N2O4/c1-24(2,3)31-17-25(30,22(26)16-20-12-8-5-9-13-20)23(27-18-28)21(29)15-14-19-10-6-4-7-11-19/h4-13,18,21-23,29-30H,14-17,26H2,1-3H3,(H,27,28). The van der Waals surface area contributed by atoms with Gasteiger partial charge in [-0.05, 0) is 51.2 Å². The van der Waals surface area contributed by atoms with Crippen LogP contribution in [0.3, 0.4) is 0 Å². The van der Waals surface area contributed by atoms with Crippen molar-refractivity contribution < 1.29 is 19.7 Å². The van der Waals surface area contributed by atoms with E-state index in [9.17, 15) is 15.0 Å². The van der Waals surface area contributed by atoms with Crippen molar-refractivity contribution in [2.24, 2.45) is 5.73 Å². The van der Waals surface area contributed by atoms with Crippen LogP contribution in [-0.2, 0) is 22.4 Å². The number of carbonyl (C=O) groups is 1. The maximum absolute atomic E-state index is 11.7. The average molecular weight is 429 g/mol. The molecule has 170 valence electrons. The second kappa shape index (κ2) is 11.4. The molecule has 0 bridgehead atoms. The van der Waals surface area contributed by atoms with Crippen LogP contribution in [0.1, 0.15) is 38.3 Å². The normalized spacial score (nSPS) is 16.7. The molecule has 2 aromatic carbocycles. The number of aliphatic hydroxyl groups excluding tert-OH is 1. The third kappa shape index (κ3) is 7.74. The van der Waals surface area contributed by atoms with Crippen molar-refractivity contribution in [2.75, 3.05) is 6.61 Å². The minimum Gasteiger partial charge on any atom is -0.391 e. The van der Waals surface area contributed by atoms with Crippen LogP contribution in [0.25, 0.3) is 0 Å². The molecule has 0 heterocycles. The zero-order chi connectivity index (χ0) is 22.9. The molecule has 0 spiro atoms. The number of nitrogens with two attached hydrogens (primary N) is 1. The van der Waals surface area contributed by atoms with Crippen LogP contribution in [0.15, 0.2) is 60.7 Å². The van der Waals surface area contributed by atoms with Gasteiger partial charge in [0.15, 0.2) is 0 Å². The van der Waals surface area contributed by atoms with E-state index in [0.29, 0.717) is 25.7 Å². The summed E-state index contributed by atoms with van der Waals surface area (Å²) in [6.45, 7) is 5.51. The Balaban J connectivity index is 2.25. The van der Waals surface area contributed by atoms with Crippen LogP contribution in [0.5, 0.6) is 0 Å². The first-order chi connectivity index (χ1) is 14.7. The topological polar surface area (TPSA) is 105 Å². The monoisotopic (exact) mass is 428 g/mol. The molecule has 0 radical (unpaired) electrons. The molecule has 0 fully saturated rings. The van der Waals surface area contributed by atoms with Crippen molar-refractivity contribution in [3.8, 4) is 0 Å². The number of amides is 1. The fourth-order valence-corrected chi connectivity index (χ4v) is 3.59. The highest BCUT2D eigenvalue weighted by Crippen LogP contribution is 2.25. The molecule has 0 aliphatic heterocycles. The molecule has 31 heavy (non-hydrogen) atoms. The molecular weight excluding hydrogens is 392 g/mol. The molecule has 0 saturated heterocycles. The van der Waals surface area contributed by atoms with Crippen LogP contribution in [0.4, 0.5) is 0 Å². The van der Waals surface area contributed by atoms with Crippen molar-refractivity contribution >= 4 is 6.41 Å². The maximum Gasteiger partial charge on any atom is 0.207 e. The van der Waals surface area contributed by atoms with Crippen molar-refractivity contribution in [2.45, 2.75) is 69.4 Å². The Bertz CT molecular complexity index is 779. The van der Waals surface area contributed by atoms with Crippen LogP contribution in [0.2, 0.25) is 0 Å². The molecule has 4 atom stereocenters. The average Bonchev–Trinajstić information content (AvgIpc) is 2.75. The van der Waals surface area contributed by atoms with Gasteiger partial charge < -0.3 is 26.0 Å². The molecule has 0 aromatic heterocycles. The van der Waals surface area contributed by atoms with Crippen LogP contribution in [-0.4, -0.2) is 52.6 Å². The first kappa shape index (κ1) is 25.0. The highest BCUT2D eigenvalue weighted by molar-refractivity contribution is 5.47. The summed E-state index contributed by atoms with van der Waals surface area (Å²) < 4.78 is 5.90. The number of aliphatic hydroxyl groups is 2. The van der Waals surface area contributed by atoms with Gasteiger partial charge in [-0.15, -0.1) is 0 Å². The number of nitrogens with one attached hydrogen (secondary N) is 1. The lowest BCUT2D eigenvalue weighted by Crippen LogP contribution is -2.68. The van der Waals surface area contributed by atoms with Gasteiger partial charge in [0.2, 0.25) is 6.41 Å². The van der Waals surface area contributed by atoms with Gasteiger partial charge >= 0.3 is 0 Å². The summed E-state index contributed by atoms with van der Waals surface area (Å²) in [5, 5.41) is 25.3. The third-order valence-corrected chi connectivity index (χ3v) is 5.42. The lowest BCUT2D eigenvalue weighted by atomic mass is 9.80. The molecule has 0 aliphatic rings. The van der Waals surface area contributed by atoms with Crippen molar-refractivity contribution in [3.05, 3.63) is 71.8 Å². The zero-order valence-corrected chi connectivity index (χ0v) is 18.7. The van der Waals surface area contributed by atoms with Gasteiger partial charge in [-0.25, -0.2) is 0 Å². The largest absolute Gasteiger partial charge is 0.391 e. The molecule has 2 rings (SSSR count). The van der Waals surface area contributed by atoms with Gasteiger partial charge in [0.1, 0.15) is 5.60 Å². The number of ether oxygens (including phenoxy) is 1. The number of carbonyl (C=O) groups excluding carboxylic acids is 1. The maximum atomic E-state index is 11.7. The second-order valence-corrected chi connectivity index (χ2v) is 9.04. The Morgan fingerprint density at radius 3 is 2.10 bits per heavy atom. The molecular formula is C25H36N2O4. The Kier molecular flexibility index (Phi) is 9.19.